The smallest absolute Gasteiger partial charge is 0.407 e. The van der Waals surface area contributed by atoms with E-state index in [2.05, 4.69) is 15.4 Å². The molecule has 0 bridgehead atoms. The number of hydrogen-bond donors (Lipinski definition) is 1. The summed E-state index contributed by atoms with van der Waals surface area (Å²) in [4.78, 5) is 34.4. The minimum Gasteiger partial charge on any atom is -0.462 e. The Balaban J connectivity index is 1.67. The van der Waals surface area contributed by atoms with Crippen LogP contribution < -0.4 is 5.32 Å². The lowest BCUT2D eigenvalue weighted by Gasteiger charge is -2.28. The number of hydroxylamine groups is 2. The van der Waals surface area contributed by atoms with Crippen LogP contribution >= 0.6 is 0 Å². The van der Waals surface area contributed by atoms with Gasteiger partial charge in [-0.05, 0) is 52.3 Å². The normalized spacial score (nSPS) is 14.9. The van der Waals surface area contributed by atoms with E-state index in [1.54, 1.807) is 53.1 Å². The standard InChI is InChI=1S/C23H30FN5O5/c1-6-32-21(30)19-18(27-29-9-7-8-25-20(19)29)11-16-10-17(24)14-28(13-16)34-15(2)12-26-22(31)33-23(3,4)5/h7-10,14-15H,6,11-13H2,1-5H3,(H,26,31). The quantitative estimate of drug-likeness (QED) is 0.580. The van der Waals surface area contributed by atoms with Crippen LogP contribution in [0.4, 0.5) is 9.18 Å². The molecule has 184 valence electrons. The fourth-order valence-corrected chi connectivity index (χ4v) is 3.33. The van der Waals surface area contributed by atoms with E-state index in [0.717, 1.165) is 0 Å². The van der Waals surface area contributed by atoms with Crippen molar-refractivity contribution in [3.63, 3.8) is 0 Å². The molecular formula is C23H30FN5O5. The summed E-state index contributed by atoms with van der Waals surface area (Å²) in [6.45, 7) is 9.40. The lowest BCUT2D eigenvalue weighted by atomic mass is 10.0. The largest absolute Gasteiger partial charge is 0.462 e. The van der Waals surface area contributed by atoms with E-state index in [1.807, 2.05) is 0 Å². The number of carbonyl (C=O) groups excluding carboxylic acids is 2. The van der Waals surface area contributed by atoms with Crippen LogP contribution in [0, 0.1) is 0 Å². The van der Waals surface area contributed by atoms with Crippen LogP contribution in [-0.2, 0) is 20.7 Å². The molecule has 2 aromatic rings. The molecule has 1 amide bonds. The van der Waals surface area contributed by atoms with Gasteiger partial charge >= 0.3 is 12.1 Å². The number of amides is 1. The van der Waals surface area contributed by atoms with E-state index in [1.165, 1.54) is 21.9 Å². The van der Waals surface area contributed by atoms with Gasteiger partial charge in [0.2, 0.25) is 0 Å². The van der Waals surface area contributed by atoms with Gasteiger partial charge in [0, 0.05) is 25.4 Å². The van der Waals surface area contributed by atoms with E-state index in [-0.39, 0.29) is 31.7 Å². The molecule has 2 aromatic heterocycles. The maximum atomic E-state index is 14.4. The highest BCUT2D eigenvalue weighted by Crippen LogP contribution is 2.23. The van der Waals surface area contributed by atoms with Crippen molar-refractivity contribution < 1.29 is 28.3 Å². The van der Waals surface area contributed by atoms with Crippen molar-refractivity contribution >= 4 is 17.7 Å². The van der Waals surface area contributed by atoms with E-state index < -0.39 is 29.6 Å². The van der Waals surface area contributed by atoms with Gasteiger partial charge in [0.25, 0.3) is 0 Å². The predicted molar refractivity (Wildman–Crippen MR) is 121 cm³/mol. The van der Waals surface area contributed by atoms with Crippen molar-refractivity contribution in [2.75, 3.05) is 19.7 Å². The lowest BCUT2D eigenvalue weighted by Crippen LogP contribution is -2.39. The molecule has 0 spiro atoms. The van der Waals surface area contributed by atoms with Crippen molar-refractivity contribution in [2.45, 2.75) is 52.7 Å². The van der Waals surface area contributed by atoms with Gasteiger partial charge in [0.1, 0.15) is 23.1 Å². The number of aromatic nitrogens is 3. The van der Waals surface area contributed by atoms with Gasteiger partial charge in [0.15, 0.2) is 5.65 Å². The number of alkyl carbamates (subject to hydrolysis) is 1. The summed E-state index contributed by atoms with van der Waals surface area (Å²) in [6, 6.07) is 1.70. The molecule has 0 radical (unpaired) electrons. The first-order valence-electron chi connectivity index (χ1n) is 11.0. The predicted octanol–water partition coefficient (Wildman–Crippen LogP) is 3.35. The Morgan fingerprint density at radius 2 is 2.09 bits per heavy atom. The molecule has 1 atom stereocenters. The van der Waals surface area contributed by atoms with Gasteiger partial charge in [-0.15, -0.1) is 0 Å². The minimum atomic E-state index is -0.609. The number of esters is 1. The first-order chi connectivity index (χ1) is 16.1. The first-order valence-corrected chi connectivity index (χ1v) is 11.0. The number of hydrogen-bond acceptors (Lipinski definition) is 8. The number of nitrogens with zero attached hydrogens (tertiary/aromatic N) is 4. The summed E-state index contributed by atoms with van der Waals surface area (Å²) in [5, 5.41) is 8.42. The molecule has 0 fully saturated rings. The van der Waals surface area contributed by atoms with Crippen LogP contribution in [-0.4, -0.2) is 63.1 Å². The summed E-state index contributed by atoms with van der Waals surface area (Å²) in [5.74, 6) is -1.04. The monoisotopic (exact) mass is 475 g/mol. The second-order valence-corrected chi connectivity index (χ2v) is 8.80. The van der Waals surface area contributed by atoms with Crippen LogP contribution in [0.15, 0.2) is 42.1 Å². The van der Waals surface area contributed by atoms with Gasteiger partial charge < -0.3 is 14.8 Å². The molecule has 0 aromatic carbocycles. The number of rotatable bonds is 8. The third kappa shape index (κ3) is 6.77. The molecule has 1 unspecified atom stereocenters. The van der Waals surface area contributed by atoms with Gasteiger partial charge in [0.05, 0.1) is 25.0 Å². The van der Waals surface area contributed by atoms with E-state index in [4.69, 9.17) is 14.3 Å². The number of halogens is 1. The van der Waals surface area contributed by atoms with E-state index >= 15 is 0 Å². The molecule has 0 saturated heterocycles. The zero-order valence-corrected chi connectivity index (χ0v) is 20.0. The van der Waals surface area contributed by atoms with Crippen molar-refractivity contribution in [3.05, 3.63) is 53.4 Å². The first kappa shape index (κ1) is 25.2. The van der Waals surface area contributed by atoms with Crippen LogP contribution in [0.5, 0.6) is 0 Å². The fourth-order valence-electron chi connectivity index (χ4n) is 3.33. The average molecular weight is 476 g/mol. The van der Waals surface area contributed by atoms with Crippen molar-refractivity contribution in [1.29, 1.82) is 0 Å². The van der Waals surface area contributed by atoms with Gasteiger partial charge in [-0.1, -0.05) is 0 Å². The molecule has 0 aliphatic carbocycles. The topological polar surface area (TPSA) is 107 Å². The van der Waals surface area contributed by atoms with Crippen molar-refractivity contribution in [3.8, 4) is 0 Å². The highest BCUT2D eigenvalue weighted by molar-refractivity contribution is 5.97. The van der Waals surface area contributed by atoms with E-state index in [0.29, 0.717) is 16.9 Å². The third-order valence-electron chi connectivity index (χ3n) is 4.56. The zero-order valence-electron chi connectivity index (χ0n) is 20.0. The van der Waals surface area contributed by atoms with Crippen LogP contribution in [0.3, 0.4) is 0 Å². The number of fused-ring (bicyclic) bond motifs is 1. The number of nitrogens with one attached hydrogen (secondary N) is 1. The van der Waals surface area contributed by atoms with E-state index in [9.17, 15) is 14.0 Å². The minimum absolute atomic E-state index is 0.172. The highest BCUT2D eigenvalue weighted by atomic mass is 19.1. The molecule has 1 N–H and O–H groups in total. The van der Waals surface area contributed by atoms with Crippen LogP contribution in [0.1, 0.15) is 50.7 Å². The Bertz CT molecular complexity index is 1100. The van der Waals surface area contributed by atoms with Crippen molar-refractivity contribution in [1.82, 2.24) is 25.0 Å². The average Bonchev–Trinajstić information content (AvgIpc) is 3.08. The Morgan fingerprint density at radius 3 is 2.79 bits per heavy atom. The maximum Gasteiger partial charge on any atom is 0.407 e. The summed E-state index contributed by atoms with van der Waals surface area (Å²) in [7, 11) is 0. The molecule has 34 heavy (non-hydrogen) atoms. The van der Waals surface area contributed by atoms with Crippen LogP contribution in [0.25, 0.3) is 5.65 Å². The van der Waals surface area contributed by atoms with Crippen molar-refractivity contribution in [2.24, 2.45) is 0 Å². The summed E-state index contributed by atoms with van der Waals surface area (Å²) in [6.07, 6.45) is 5.04. The summed E-state index contributed by atoms with van der Waals surface area (Å²) < 4.78 is 26.2. The molecule has 11 heteroatoms. The number of allylic oxidation sites excluding steroid dienone is 2. The Kier molecular flexibility index (Phi) is 7.87. The summed E-state index contributed by atoms with van der Waals surface area (Å²) in [5.41, 5.74) is 1.08. The molecule has 1 aliphatic heterocycles. The molecule has 3 heterocycles. The molecule has 3 rings (SSSR count). The molecular weight excluding hydrogens is 445 g/mol. The fraction of sp³-hybridized carbons (Fsp3) is 0.478. The molecule has 1 aliphatic rings. The Hall–Kier alpha value is -3.47. The zero-order chi connectivity index (χ0) is 24.9. The third-order valence-corrected chi connectivity index (χ3v) is 4.56. The lowest BCUT2D eigenvalue weighted by molar-refractivity contribution is -0.153. The van der Waals surface area contributed by atoms with Crippen LogP contribution in [0.2, 0.25) is 0 Å². The SMILES string of the molecule is CCOC(=O)c1c(CC2=CC(F)=CN(OC(C)CNC(=O)OC(C)(C)C)C2)nn2cccnc12. The highest BCUT2D eigenvalue weighted by Gasteiger charge is 2.25. The van der Waals surface area contributed by atoms with Gasteiger partial charge in [-0.3, -0.25) is 9.90 Å². The second-order valence-electron chi connectivity index (χ2n) is 8.80. The maximum absolute atomic E-state index is 14.4. The molecule has 0 saturated carbocycles. The second kappa shape index (κ2) is 10.6. The van der Waals surface area contributed by atoms with Gasteiger partial charge in [-0.2, -0.15) is 5.10 Å². The van der Waals surface area contributed by atoms with Gasteiger partial charge in [-0.25, -0.2) is 23.5 Å². The molecule has 10 nitrogen and oxygen atoms in total. The Morgan fingerprint density at radius 1 is 1.32 bits per heavy atom. The Labute approximate surface area is 197 Å². The number of ether oxygens (including phenoxy) is 2. The number of carbonyl (C=O) groups is 2. The summed E-state index contributed by atoms with van der Waals surface area (Å²) >= 11 is 0.